The number of Topliss-reactive ketones (excluding diaryl/α,β-unsaturated/α-hetero) is 1. The molecule has 2 unspecified atom stereocenters. The van der Waals surface area contributed by atoms with Crippen molar-refractivity contribution in [3.05, 3.63) is 35.9 Å². The Morgan fingerprint density at radius 3 is 2.46 bits per heavy atom. The van der Waals surface area contributed by atoms with E-state index >= 15 is 0 Å². The van der Waals surface area contributed by atoms with Crippen molar-refractivity contribution in [1.82, 2.24) is 0 Å². The predicted molar refractivity (Wildman–Crippen MR) is 52.6 cm³/mol. The molecule has 1 aliphatic carbocycles. The molecule has 0 radical (unpaired) electrons. The molecule has 1 aromatic rings. The van der Waals surface area contributed by atoms with E-state index in [0.29, 0.717) is 11.7 Å². The minimum absolute atomic E-state index is 0.269. The monoisotopic (exact) mass is 174 g/mol. The molecule has 0 spiro atoms. The fourth-order valence-corrected chi connectivity index (χ4v) is 2.06. The van der Waals surface area contributed by atoms with Gasteiger partial charge in [0.05, 0.1) is 0 Å². The molecule has 0 aromatic heterocycles. The predicted octanol–water partition coefficient (Wildman–Crippen LogP) is 2.77. The maximum absolute atomic E-state index is 11.4. The van der Waals surface area contributed by atoms with E-state index in [4.69, 9.17) is 0 Å². The van der Waals surface area contributed by atoms with Crippen LogP contribution in [0, 0.1) is 5.92 Å². The van der Waals surface area contributed by atoms with Crippen LogP contribution < -0.4 is 0 Å². The molecule has 1 aliphatic rings. The Balaban J connectivity index is 2.17. The van der Waals surface area contributed by atoms with E-state index in [-0.39, 0.29) is 5.92 Å². The molecule has 0 aliphatic heterocycles. The number of ketones is 1. The third kappa shape index (κ3) is 1.64. The minimum atomic E-state index is 0.269. The zero-order chi connectivity index (χ0) is 9.26. The zero-order valence-corrected chi connectivity index (χ0v) is 7.86. The highest BCUT2D eigenvalue weighted by Gasteiger charge is 2.29. The number of hydrogen-bond acceptors (Lipinski definition) is 1. The lowest BCUT2D eigenvalue weighted by Gasteiger charge is -2.07. The van der Waals surface area contributed by atoms with Crippen LogP contribution in [0.2, 0.25) is 0 Å². The van der Waals surface area contributed by atoms with E-state index < -0.39 is 0 Å². The molecule has 0 N–H and O–H groups in total. The van der Waals surface area contributed by atoms with Crippen LogP contribution in [0.15, 0.2) is 30.3 Å². The molecule has 2 rings (SSSR count). The first-order valence-corrected chi connectivity index (χ1v) is 4.85. The van der Waals surface area contributed by atoms with Crippen molar-refractivity contribution in [3.8, 4) is 0 Å². The summed E-state index contributed by atoms with van der Waals surface area (Å²) in [4.78, 5) is 11.4. The fraction of sp³-hybridized carbons (Fsp3) is 0.417. The molecule has 0 amide bonds. The Kier molecular flexibility index (Phi) is 2.17. The SMILES string of the molecule is CC1CC(c2ccccc2)CC1=O. The normalized spacial score (nSPS) is 27.9. The maximum Gasteiger partial charge on any atom is 0.136 e. The summed E-state index contributed by atoms with van der Waals surface area (Å²) in [5, 5.41) is 0. The molecular formula is C12H14O. The highest BCUT2D eigenvalue weighted by atomic mass is 16.1. The summed E-state index contributed by atoms with van der Waals surface area (Å²) in [6, 6.07) is 10.3. The third-order valence-corrected chi connectivity index (χ3v) is 2.91. The van der Waals surface area contributed by atoms with Crippen LogP contribution in [-0.4, -0.2) is 5.78 Å². The van der Waals surface area contributed by atoms with Crippen LogP contribution in [0.25, 0.3) is 0 Å². The average Bonchev–Trinajstić information content (AvgIpc) is 2.49. The number of benzene rings is 1. The summed E-state index contributed by atoms with van der Waals surface area (Å²) in [6.07, 6.45) is 1.77. The second kappa shape index (κ2) is 3.33. The van der Waals surface area contributed by atoms with Crippen molar-refractivity contribution in [2.75, 3.05) is 0 Å². The van der Waals surface area contributed by atoms with Gasteiger partial charge < -0.3 is 0 Å². The van der Waals surface area contributed by atoms with Gasteiger partial charge >= 0.3 is 0 Å². The molecule has 68 valence electrons. The summed E-state index contributed by atoms with van der Waals surface area (Å²) in [7, 11) is 0. The Hall–Kier alpha value is -1.11. The first kappa shape index (κ1) is 8.49. The van der Waals surface area contributed by atoms with Crippen LogP contribution in [0.4, 0.5) is 0 Å². The summed E-state index contributed by atoms with van der Waals surface area (Å²) in [5.41, 5.74) is 1.32. The van der Waals surface area contributed by atoms with Crippen molar-refractivity contribution in [2.24, 2.45) is 5.92 Å². The summed E-state index contributed by atoms with van der Waals surface area (Å²) in [6.45, 7) is 2.03. The molecule has 1 heteroatoms. The van der Waals surface area contributed by atoms with Gasteiger partial charge in [-0.1, -0.05) is 37.3 Å². The lowest BCUT2D eigenvalue weighted by Crippen LogP contribution is -1.98. The van der Waals surface area contributed by atoms with Crippen molar-refractivity contribution in [1.29, 1.82) is 0 Å². The topological polar surface area (TPSA) is 17.1 Å². The van der Waals surface area contributed by atoms with E-state index in [1.807, 2.05) is 25.1 Å². The van der Waals surface area contributed by atoms with Crippen LogP contribution in [0.1, 0.15) is 31.2 Å². The molecule has 0 saturated heterocycles. The molecule has 1 nitrogen and oxygen atoms in total. The first-order valence-electron chi connectivity index (χ1n) is 4.85. The number of carbonyl (C=O) groups excluding carboxylic acids is 1. The van der Waals surface area contributed by atoms with Gasteiger partial charge in [-0.3, -0.25) is 4.79 Å². The first-order chi connectivity index (χ1) is 6.27. The van der Waals surface area contributed by atoms with E-state index in [1.54, 1.807) is 0 Å². The largest absolute Gasteiger partial charge is 0.299 e. The van der Waals surface area contributed by atoms with Gasteiger partial charge in [-0.05, 0) is 17.9 Å². The summed E-state index contributed by atoms with van der Waals surface area (Å²) >= 11 is 0. The molecule has 13 heavy (non-hydrogen) atoms. The maximum atomic E-state index is 11.4. The third-order valence-electron chi connectivity index (χ3n) is 2.91. The van der Waals surface area contributed by atoms with E-state index in [0.717, 1.165) is 12.8 Å². The van der Waals surface area contributed by atoms with Gasteiger partial charge in [0.25, 0.3) is 0 Å². The molecule has 0 heterocycles. The van der Waals surface area contributed by atoms with Crippen molar-refractivity contribution in [2.45, 2.75) is 25.7 Å². The molecule has 2 atom stereocenters. The zero-order valence-electron chi connectivity index (χ0n) is 7.86. The lowest BCUT2D eigenvalue weighted by atomic mass is 9.97. The Morgan fingerprint density at radius 2 is 1.92 bits per heavy atom. The van der Waals surface area contributed by atoms with Gasteiger partial charge in [-0.15, -0.1) is 0 Å². The van der Waals surface area contributed by atoms with E-state index in [9.17, 15) is 4.79 Å². The molecule has 0 bridgehead atoms. The van der Waals surface area contributed by atoms with Crippen LogP contribution in [0.5, 0.6) is 0 Å². The molecular weight excluding hydrogens is 160 g/mol. The van der Waals surface area contributed by atoms with Gasteiger partial charge in [0, 0.05) is 12.3 Å². The van der Waals surface area contributed by atoms with Crippen molar-refractivity contribution < 1.29 is 4.79 Å². The van der Waals surface area contributed by atoms with E-state index in [1.165, 1.54) is 5.56 Å². The number of carbonyl (C=O) groups is 1. The van der Waals surface area contributed by atoms with Crippen LogP contribution >= 0.6 is 0 Å². The van der Waals surface area contributed by atoms with E-state index in [2.05, 4.69) is 12.1 Å². The van der Waals surface area contributed by atoms with Crippen LogP contribution in [-0.2, 0) is 4.79 Å². The molecule has 1 aromatic carbocycles. The summed E-state index contributed by atoms with van der Waals surface area (Å²) in [5.74, 6) is 1.17. The Labute approximate surface area is 78.8 Å². The Morgan fingerprint density at radius 1 is 1.23 bits per heavy atom. The smallest absolute Gasteiger partial charge is 0.136 e. The fourth-order valence-electron chi connectivity index (χ4n) is 2.06. The molecule has 1 fully saturated rings. The van der Waals surface area contributed by atoms with Gasteiger partial charge in [0.2, 0.25) is 0 Å². The number of rotatable bonds is 1. The average molecular weight is 174 g/mol. The molecule has 1 saturated carbocycles. The quantitative estimate of drug-likeness (QED) is 0.639. The second-order valence-corrected chi connectivity index (χ2v) is 3.91. The van der Waals surface area contributed by atoms with Gasteiger partial charge in [-0.25, -0.2) is 0 Å². The van der Waals surface area contributed by atoms with Crippen molar-refractivity contribution >= 4 is 5.78 Å². The van der Waals surface area contributed by atoms with Gasteiger partial charge in [0.1, 0.15) is 5.78 Å². The van der Waals surface area contributed by atoms with Gasteiger partial charge in [-0.2, -0.15) is 0 Å². The minimum Gasteiger partial charge on any atom is -0.299 e. The second-order valence-electron chi connectivity index (χ2n) is 3.91. The van der Waals surface area contributed by atoms with Gasteiger partial charge in [0.15, 0.2) is 0 Å². The van der Waals surface area contributed by atoms with Crippen LogP contribution in [0.3, 0.4) is 0 Å². The Bertz CT molecular complexity index is 302. The lowest BCUT2D eigenvalue weighted by molar-refractivity contribution is -0.120. The number of hydrogen-bond donors (Lipinski definition) is 0. The highest BCUT2D eigenvalue weighted by Crippen LogP contribution is 2.35. The standard InChI is InChI=1S/C12H14O/c1-9-7-11(8-12(9)13)10-5-3-2-4-6-10/h2-6,9,11H,7-8H2,1H3. The van der Waals surface area contributed by atoms with Crippen molar-refractivity contribution in [3.63, 3.8) is 0 Å². The summed E-state index contributed by atoms with van der Waals surface area (Å²) < 4.78 is 0. The highest BCUT2D eigenvalue weighted by molar-refractivity contribution is 5.83.